The van der Waals surface area contributed by atoms with E-state index in [2.05, 4.69) is 19.4 Å². The molecule has 10 heterocycles. The van der Waals surface area contributed by atoms with E-state index >= 15 is 32.8 Å². The molecule has 7 aliphatic rings. The number of rotatable bonds is 24. The number of benzene rings is 2. The summed E-state index contributed by atoms with van der Waals surface area (Å²) in [7, 11) is -9.30. The molecule has 556 valence electrons. The minimum Gasteiger partial charge on any atom is -0.444 e. The molecular weight excluding hydrogens is 1460 g/mol. The van der Waals surface area contributed by atoms with Gasteiger partial charge in [-0.1, -0.05) is 0 Å². The lowest BCUT2D eigenvalue weighted by atomic mass is 10.0. The van der Waals surface area contributed by atoms with Crippen LogP contribution in [0.4, 0.5) is 26.3 Å². The summed E-state index contributed by atoms with van der Waals surface area (Å²) in [4.78, 5) is 99.9. The molecule has 4 bridgehead atoms. The van der Waals surface area contributed by atoms with Crippen LogP contribution in [-0.2, 0) is 72.8 Å². The highest BCUT2D eigenvalue weighted by Gasteiger charge is 2.65. The van der Waals surface area contributed by atoms with Gasteiger partial charge < -0.3 is 37.3 Å². The van der Waals surface area contributed by atoms with Crippen LogP contribution in [0.15, 0.2) is 83.1 Å². The molecular formula is C68H70F6N8O18S4. The van der Waals surface area contributed by atoms with Crippen molar-refractivity contribution < 1.29 is 90.0 Å². The van der Waals surface area contributed by atoms with Crippen molar-refractivity contribution in [2.45, 2.75) is 227 Å². The number of aryl methyl sites for hydroxylation is 2. The maximum absolute atomic E-state index is 15.5. The van der Waals surface area contributed by atoms with Gasteiger partial charge in [0.05, 0.1) is 92.1 Å². The maximum atomic E-state index is 15.5. The molecule has 104 heavy (non-hydrogen) atoms. The van der Waals surface area contributed by atoms with Crippen molar-refractivity contribution in [2.24, 2.45) is 0 Å². The van der Waals surface area contributed by atoms with Gasteiger partial charge in [0.15, 0.2) is 0 Å². The molecule has 0 radical (unpaired) electrons. The number of ether oxygens (including phenoxy) is 6. The number of hydrogen-bond acceptors (Lipinski definition) is 22. The van der Waals surface area contributed by atoms with Gasteiger partial charge in [-0.15, -0.1) is 22.7 Å². The SMILES string of the molecule is Cc1c(-c2ncco2)sc2c1c(=O)n(C1(C(=O)NS(=O)(=O)C3(C)CC3c3cnc(-c4sc5c(c4C)c(=O)n(C4(C(=O)NS(=O)(=O)C(C)(C)C)CC4)c(=O)n5C[C@H](O[C@@H]4C[C@H]5CC[C@@H](C4)O5)c4cc(F)ccc4OC(F)F)o3)CC1)c(=O)n2C[C@H](O[C@@H]1C[C@H]2CC[C@@H](C1)O2)c1cc(F)ccc1OC(F)F. The number of amides is 2. The van der Waals surface area contributed by atoms with E-state index in [0.717, 1.165) is 81.0 Å². The van der Waals surface area contributed by atoms with Gasteiger partial charge in [-0.3, -0.25) is 37.8 Å². The highest BCUT2D eigenvalue weighted by Crippen LogP contribution is 2.58. The molecule has 10 atom stereocenters. The lowest BCUT2D eigenvalue weighted by Crippen LogP contribution is -2.54. The fourth-order valence-electron chi connectivity index (χ4n) is 15.2. The van der Waals surface area contributed by atoms with E-state index in [9.17, 15) is 39.2 Å². The van der Waals surface area contributed by atoms with Crippen LogP contribution in [0.3, 0.4) is 0 Å². The zero-order chi connectivity index (χ0) is 73.8. The van der Waals surface area contributed by atoms with Gasteiger partial charge in [0.25, 0.3) is 22.9 Å². The number of carbonyl (C=O) groups excluding carboxylic acids is 2. The summed E-state index contributed by atoms with van der Waals surface area (Å²) in [6.45, 7) is 0.364. The summed E-state index contributed by atoms with van der Waals surface area (Å²) in [5.74, 6) is -6.39. The lowest BCUT2D eigenvalue weighted by molar-refractivity contribution is -0.124. The van der Waals surface area contributed by atoms with Crippen molar-refractivity contribution in [3.63, 3.8) is 0 Å². The average Bonchev–Trinajstić information content (AvgIpc) is 1.54. The molecule has 3 saturated carbocycles. The minimum atomic E-state index is -4.85. The van der Waals surface area contributed by atoms with Crippen molar-refractivity contribution >= 4 is 75.0 Å². The third kappa shape index (κ3) is 12.5. The Hall–Kier alpha value is -8.00. The number of hydrogen-bond donors (Lipinski definition) is 2. The van der Waals surface area contributed by atoms with Crippen molar-refractivity contribution in [1.29, 1.82) is 0 Å². The number of alkyl halides is 4. The largest absolute Gasteiger partial charge is 0.444 e. The van der Waals surface area contributed by atoms with E-state index in [1.807, 2.05) is 0 Å². The monoisotopic (exact) mass is 1530 g/mol. The number of aromatic nitrogens is 6. The van der Waals surface area contributed by atoms with Crippen LogP contribution < -0.4 is 41.4 Å². The van der Waals surface area contributed by atoms with E-state index < -0.39 is 155 Å². The number of thiophene rings is 2. The maximum Gasteiger partial charge on any atom is 0.387 e. The third-order valence-corrected chi connectivity index (χ3v) is 28.1. The smallest absolute Gasteiger partial charge is 0.387 e. The van der Waals surface area contributed by atoms with Crippen molar-refractivity contribution in [3.05, 3.63) is 136 Å². The second kappa shape index (κ2) is 25.9. The number of fused-ring (bicyclic) bond motifs is 6. The van der Waals surface area contributed by atoms with E-state index in [4.69, 9.17) is 37.3 Å². The van der Waals surface area contributed by atoms with Crippen LogP contribution >= 0.6 is 22.7 Å². The van der Waals surface area contributed by atoms with E-state index in [1.54, 1.807) is 6.92 Å². The topological polar surface area (TPSA) is 322 Å². The van der Waals surface area contributed by atoms with E-state index in [-0.39, 0.29) is 122 Å². The number of carbonyl (C=O) groups is 2. The van der Waals surface area contributed by atoms with Gasteiger partial charge in [0.2, 0.25) is 31.8 Å². The zero-order valence-corrected chi connectivity index (χ0v) is 59.9. The standard InChI is InChI=1S/C68H70F6N8O18S4/c1-31-49-55(83)82(63(87)79(57(49)101-51(31)53-75-19-20-93-53)29-47(96-39-23-35-9-10-36(24-39)94-35)41-21-33(69)7-13-44(41)99-61(71)72)68(17-18-68)60(86)78-104(91,92)66(6)27-43(66)46-28-76-54(98-46)52-32(2)50-56(84)81(67(15-16-67)59(85)77-103(89,90)65(3,4)5)64(88)80(58(50)102-52)30-48(97-40-25-37-11-12-38(26-40)95-37)42-22-34(70)8-14-45(42)100-62(73)74/h7-8,13-14,19-22,28,35-40,43,47-48,61-62H,9-12,15-18,23-27,29-30H2,1-6H3,(H,77,85)(H,78,86)/t35-,36+,37-,38+,39-,40-,43?,47-,48-,66?/m0/s1. The highest BCUT2D eigenvalue weighted by atomic mass is 32.2. The zero-order valence-electron chi connectivity index (χ0n) is 56.6. The summed E-state index contributed by atoms with van der Waals surface area (Å²) in [6, 6.07) is 5.65. The van der Waals surface area contributed by atoms with Crippen molar-refractivity contribution in [1.82, 2.24) is 37.7 Å². The highest BCUT2D eigenvalue weighted by molar-refractivity contribution is 7.92. The van der Waals surface area contributed by atoms with Crippen LogP contribution in [-0.4, -0.2) is 116 Å². The van der Waals surface area contributed by atoms with Crippen molar-refractivity contribution in [3.8, 4) is 33.0 Å². The van der Waals surface area contributed by atoms with Crippen LogP contribution in [0.2, 0.25) is 0 Å². The molecule has 4 saturated heterocycles. The molecule has 2 N–H and O–H groups in total. The van der Waals surface area contributed by atoms with Gasteiger partial charge in [0, 0.05) is 17.0 Å². The summed E-state index contributed by atoms with van der Waals surface area (Å²) >= 11 is 1.71. The molecule has 6 aromatic heterocycles. The molecule has 26 nitrogen and oxygen atoms in total. The molecule has 7 fully saturated rings. The second-order valence-electron chi connectivity index (χ2n) is 29.0. The molecule has 2 unspecified atom stereocenters. The number of oxazole rings is 2. The fraction of sp³-hybridized carbons (Fsp3) is 0.529. The first-order valence-corrected chi connectivity index (χ1v) is 38.5. The van der Waals surface area contributed by atoms with Crippen LogP contribution in [0.1, 0.15) is 157 Å². The first-order valence-electron chi connectivity index (χ1n) is 33.9. The van der Waals surface area contributed by atoms with E-state index in [0.29, 0.717) is 52.5 Å². The molecule has 36 heteroatoms. The van der Waals surface area contributed by atoms with Crippen LogP contribution in [0.5, 0.6) is 11.5 Å². The van der Waals surface area contributed by atoms with Gasteiger partial charge in [0.1, 0.15) is 68.1 Å². The Kier molecular flexibility index (Phi) is 17.8. The summed E-state index contributed by atoms with van der Waals surface area (Å²) in [5, 5.41) is -0.305. The number of sulfonamides is 2. The van der Waals surface area contributed by atoms with Gasteiger partial charge in [-0.05, 0) is 173 Å². The Labute approximate surface area is 595 Å². The number of halogens is 6. The Morgan fingerprint density at radius 3 is 1.52 bits per heavy atom. The van der Waals surface area contributed by atoms with Crippen molar-refractivity contribution in [2.75, 3.05) is 0 Å². The van der Waals surface area contributed by atoms with Gasteiger partial charge in [-0.25, -0.2) is 54.3 Å². The molecule has 0 spiro atoms. The predicted octanol–water partition coefficient (Wildman–Crippen LogP) is 9.72. The molecule has 2 aromatic carbocycles. The number of nitrogens with zero attached hydrogens (tertiary/aromatic N) is 6. The predicted molar refractivity (Wildman–Crippen MR) is 361 cm³/mol. The number of nitrogens with one attached hydrogen (secondary N) is 2. The van der Waals surface area contributed by atoms with Gasteiger partial charge in [-0.2, -0.15) is 17.6 Å². The van der Waals surface area contributed by atoms with E-state index in [1.165, 1.54) is 53.3 Å². The normalized spacial score (nSPS) is 24.5. The summed E-state index contributed by atoms with van der Waals surface area (Å²) in [5.41, 5.74) is -8.61. The lowest BCUT2D eigenvalue weighted by Gasteiger charge is -2.32. The van der Waals surface area contributed by atoms with Gasteiger partial charge >= 0.3 is 24.6 Å². The molecule has 15 rings (SSSR count). The molecule has 2 amide bonds. The molecule has 8 aromatic rings. The minimum absolute atomic E-state index is 0.00804. The average molecular weight is 1530 g/mol. The van der Waals surface area contributed by atoms with Crippen LogP contribution in [0.25, 0.3) is 42.0 Å². The Morgan fingerprint density at radius 1 is 0.663 bits per heavy atom. The van der Waals surface area contributed by atoms with Crippen LogP contribution in [0, 0.1) is 25.5 Å². The third-order valence-electron chi connectivity index (χ3n) is 21.3. The molecule has 3 aliphatic carbocycles. The first-order chi connectivity index (χ1) is 49.2. The second-order valence-corrected chi connectivity index (χ2v) is 35.6. The Bertz CT molecular complexity index is 5280. The molecule has 4 aliphatic heterocycles. The first kappa shape index (κ1) is 71.6. The summed E-state index contributed by atoms with van der Waals surface area (Å²) < 4.78 is 196. The quantitative estimate of drug-likeness (QED) is 0.0531. The summed E-state index contributed by atoms with van der Waals surface area (Å²) in [6.07, 6.45) is 2.10. The Morgan fingerprint density at radius 2 is 1.11 bits per heavy atom. The fourth-order valence-corrected chi connectivity index (χ4v) is 19.9. The Balaban J connectivity index is 0.771.